The second-order valence-electron chi connectivity index (χ2n) is 7.37. The molecule has 1 heterocycles. The van der Waals surface area contributed by atoms with Gasteiger partial charge in [0, 0.05) is 37.9 Å². The summed E-state index contributed by atoms with van der Waals surface area (Å²) in [6.45, 7) is 5.20. The highest BCUT2D eigenvalue weighted by Crippen LogP contribution is 2.18. The molecule has 3 amide bonds. The van der Waals surface area contributed by atoms with Crippen LogP contribution in [0.15, 0.2) is 24.3 Å². The van der Waals surface area contributed by atoms with Crippen LogP contribution in [-0.2, 0) is 4.79 Å². The second kappa shape index (κ2) is 8.92. The highest BCUT2D eigenvalue weighted by atomic mass is 16.2. The number of anilines is 1. The molecule has 1 aromatic rings. The summed E-state index contributed by atoms with van der Waals surface area (Å²) >= 11 is 0. The Morgan fingerprint density at radius 3 is 2.50 bits per heavy atom. The van der Waals surface area contributed by atoms with E-state index in [1.165, 1.54) is 30.5 Å². The molecule has 1 aliphatic heterocycles. The number of aryl methyl sites for hydroxylation is 1. The van der Waals surface area contributed by atoms with Gasteiger partial charge >= 0.3 is 6.03 Å². The molecule has 142 valence electrons. The number of hydrogen-bond donors (Lipinski definition) is 2. The first kappa shape index (κ1) is 18.5. The zero-order valence-corrected chi connectivity index (χ0v) is 15.7. The predicted octanol–water partition coefficient (Wildman–Crippen LogP) is 2.28. The molecule has 2 fully saturated rings. The van der Waals surface area contributed by atoms with Crippen LogP contribution in [0.25, 0.3) is 0 Å². The van der Waals surface area contributed by atoms with Crippen molar-refractivity contribution in [2.45, 2.75) is 45.1 Å². The first-order valence-electron chi connectivity index (χ1n) is 9.75. The van der Waals surface area contributed by atoms with Crippen LogP contribution in [0.5, 0.6) is 0 Å². The van der Waals surface area contributed by atoms with Crippen LogP contribution in [0, 0.1) is 6.92 Å². The SMILES string of the molecule is Cc1cccc(N2CCN(C(=O)CNC(=O)NC3CCCCC3)CC2)c1. The molecule has 3 rings (SSSR count). The summed E-state index contributed by atoms with van der Waals surface area (Å²) in [6, 6.07) is 8.49. The number of rotatable bonds is 4. The molecule has 1 aromatic carbocycles. The normalized spacial score (nSPS) is 18.5. The molecule has 1 saturated carbocycles. The van der Waals surface area contributed by atoms with Gasteiger partial charge in [0.2, 0.25) is 5.91 Å². The van der Waals surface area contributed by atoms with Gasteiger partial charge in [0.1, 0.15) is 0 Å². The van der Waals surface area contributed by atoms with Crippen molar-refractivity contribution in [1.82, 2.24) is 15.5 Å². The Hall–Kier alpha value is -2.24. The maximum absolute atomic E-state index is 12.4. The predicted molar refractivity (Wildman–Crippen MR) is 103 cm³/mol. The zero-order chi connectivity index (χ0) is 18.4. The van der Waals surface area contributed by atoms with Gasteiger partial charge in [0.05, 0.1) is 6.54 Å². The summed E-state index contributed by atoms with van der Waals surface area (Å²) in [4.78, 5) is 28.5. The Balaban J connectivity index is 1.38. The lowest BCUT2D eigenvalue weighted by atomic mass is 9.96. The number of urea groups is 1. The van der Waals surface area contributed by atoms with E-state index in [2.05, 4.69) is 46.7 Å². The van der Waals surface area contributed by atoms with Gasteiger partial charge in [-0.05, 0) is 37.5 Å². The monoisotopic (exact) mass is 358 g/mol. The average Bonchev–Trinajstić information content (AvgIpc) is 2.67. The molecule has 0 aromatic heterocycles. The van der Waals surface area contributed by atoms with Crippen LogP contribution in [0.3, 0.4) is 0 Å². The van der Waals surface area contributed by atoms with Gasteiger partial charge in [-0.25, -0.2) is 4.79 Å². The standard InChI is InChI=1S/C20H30N4O2/c1-16-6-5-9-18(14-16)23-10-12-24(13-11-23)19(25)15-21-20(26)22-17-7-3-2-4-8-17/h5-6,9,14,17H,2-4,7-8,10-13,15H2,1H3,(H2,21,22,26). The molecule has 0 spiro atoms. The molecule has 1 saturated heterocycles. The third-order valence-electron chi connectivity index (χ3n) is 5.34. The van der Waals surface area contributed by atoms with Crippen LogP contribution in [-0.4, -0.2) is 55.6 Å². The molecule has 0 bridgehead atoms. The maximum atomic E-state index is 12.4. The van der Waals surface area contributed by atoms with E-state index in [0.717, 1.165) is 25.9 Å². The average molecular weight is 358 g/mol. The van der Waals surface area contributed by atoms with E-state index in [0.29, 0.717) is 13.1 Å². The minimum Gasteiger partial charge on any atom is -0.368 e. The summed E-state index contributed by atoms with van der Waals surface area (Å²) < 4.78 is 0. The molecule has 0 radical (unpaired) electrons. The summed E-state index contributed by atoms with van der Waals surface area (Å²) in [5, 5.41) is 5.70. The van der Waals surface area contributed by atoms with Crippen molar-refractivity contribution in [3.63, 3.8) is 0 Å². The topological polar surface area (TPSA) is 64.7 Å². The van der Waals surface area contributed by atoms with Gasteiger partial charge in [-0.15, -0.1) is 0 Å². The molecular weight excluding hydrogens is 328 g/mol. The van der Waals surface area contributed by atoms with E-state index >= 15 is 0 Å². The second-order valence-corrected chi connectivity index (χ2v) is 7.37. The number of benzene rings is 1. The Bertz CT molecular complexity index is 620. The van der Waals surface area contributed by atoms with E-state index < -0.39 is 0 Å². The molecule has 2 N–H and O–H groups in total. The van der Waals surface area contributed by atoms with Gasteiger partial charge in [-0.2, -0.15) is 0 Å². The van der Waals surface area contributed by atoms with Gasteiger partial charge in [0.15, 0.2) is 0 Å². The van der Waals surface area contributed by atoms with E-state index in [1.807, 2.05) is 4.90 Å². The van der Waals surface area contributed by atoms with Crippen molar-refractivity contribution in [1.29, 1.82) is 0 Å². The minimum absolute atomic E-state index is 0.00677. The molecular formula is C20H30N4O2. The number of nitrogens with one attached hydrogen (secondary N) is 2. The Kier molecular flexibility index (Phi) is 6.36. The van der Waals surface area contributed by atoms with Gasteiger partial charge in [-0.3, -0.25) is 4.79 Å². The fraction of sp³-hybridized carbons (Fsp3) is 0.600. The third-order valence-corrected chi connectivity index (χ3v) is 5.34. The minimum atomic E-state index is -0.219. The van der Waals surface area contributed by atoms with Crippen LogP contribution in [0.4, 0.5) is 10.5 Å². The summed E-state index contributed by atoms with van der Waals surface area (Å²) in [6.07, 6.45) is 5.70. The first-order valence-corrected chi connectivity index (χ1v) is 9.75. The zero-order valence-electron chi connectivity index (χ0n) is 15.7. The van der Waals surface area contributed by atoms with Crippen molar-refractivity contribution in [2.24, 2.45) is 0 Å². The highest BCUT2D eigenvalue weighted by Gasteiger charge is 2.22. The molecule has 6 heteroatoms. The van der Waals surface area contributed by atoms with Crippen molar-refractivity contribution in [3.8, 4) is 0 Å². The Morgan fingerprint density at radius 2 is 1.81 bits per heavy atom. The summed E-state index contributed by atoms with van der Waals surface area (Å²) in [5.74, 6) is -0.00677. The molecule has 0 unspecified atom stereocenters. The van der Waals surface area contributed by atoms with E-state index in [4.69, 9.17) is 0 Å². The van der Waals surface area contributed by atoms with Gasteiger partial charge in [0.25, 0.3) is 0 Å². The highest BCUT2D eigenvalue weighted by molar-refractivity contribution is 5.84. The fourth-order valence-corrected chi connectivity index (χ4v) is 3.79. The lowest BCUT2D eigenvalue weighted by molar-refractivity contribution is -0.130. The smallest absolute Gasteiger partial charge is 0.315 e. The van der Waals surface area contributed by atoms with Crippen LogP contribution >= 0.6 is 0 Å². The van der Waals surface area contributed by atoms with Crippen LogP contribution < -0.4 is 15.5 Å². The number of piperazine rings is 1. The van der Waals surface area contributed by atoms with Gasteiger partial charge in [-0.1, -0.05) is 31.4 Å². The number of hydrogen-bond acceptors (Lipinski definition) is 3. The number of carbonyl (C=O) groups is 2. The number of carbonyl (C=O) groups excluding carboxylic acids is 2. The molecule has 6 nitrogen and oxygen atoms in total. The van der Waals surface area contributed by atoms with E-state index in [1.54, 1.807) is 0 Å². The largest absolute Gasteiger partial charge is 0.368 e. The van der Waals surface area contributed by atoms with E-state index in [9.17, 15) is 9.59 Å². The summed E-state index contributed by atoms with van der Waals surface area (Å²) in [5.41, 5.74) is 2.45. The Morgan fingerprint density at radius 1 is 1.08 bits per heavy atom. The van der Waals surface area contributed by atoms with Crippen molar-refractivity contribution in [2.75, 3.05) is 37.6 Å². The molecule has 1 aliphatic carbocycles. The molecule has 26 heavy (non-hydrogen) atoms. The number of amides is 3. The van der Waals surface area contributed by atoms with Gasteiger partial charge < -0.3 is 20.4 Å². The quantitative estimate of drug-likeness (QED) is 0.868. The maximum Gasteiger partial charge on any atom is 0.315 e. The van der Waals surface area contributed by atoms with Crippen molar-refractivity contribution < 1.29 is 9.59 Å². The van der Waals surface area contributed by atoms with Crippen molar-refractivity contribution in [3.05, 3.63) is 29.8 Å². The van der Waals surface area contributed by atoms with Crippen LogP contribution in [0.2, 0.25) is 0 Å². The summed E-state index contributed by atoms with van der Waals surface area (Å²) in [7, 11) is 0. The van der Waals surface area contributed by atoms with Crippen molar-refractivity contribution >= 4 is 17.6 Å². The third kappa shape index (κ3) is 5.13. The lowest BCUT2D eigenvalue weighted by Gasteiger charge is -2.36. The first-order chi connectivity index (χ1) is 12.6. The van der Waals surface area contributed by atoms with E-state index in [-0.39, 0.29) is 24.5 Å². The van der Waals surface area contributed by atoms with Crippen LogP contribution in [0.1, 0.15) is 37.7 Å². The lowest BCUT2D eigenvalue weighted by Crippen LogP contribution is -2.52. The molecule has 2 aliphatic rings. The Labute approximate surface area is 155 Å². The fourth-order valence-electron chi connectivity index (χ4n) is 3.79. The molecule has 0 atom stereocenters. The number of nitrogens with zero attached hydrogens (tertiary/aromatic N) is 2.